The van der Waals surface area contributed by atoms with E-state index in [0.29, 0.717) is 33.9 Å². The van der Waals surface area contributed by atoms with Crippen LogP contribution in [0, 0.1) is 0 Å². The number of benzene rings is 1. The average Bonchev–Trinajstić information content (AvgIpc) is 3.16. The molecule has 1 aliphatic rings. The van der Waals surface area contributed by atoms with Crippen molar-refractivity contribution < 1.29 is 4.79 Å². The predicted molar refractivity (Wildman–Crippen MR) is 94.2 cm³/mol. The van der Waals surface area contributed by atoms with E-state index in [4.69, 9.17) is 23.2 Å². The Morgan fingerprint density at radius 2 is 2.26 bits per heavy atom. The van der Waals surface area contributed by atoms with Crippen molar-refractivity contribution in [1.82, 2.24) is 20.4 Å². The Bertz CT molecular complexity index is 683. The van der Waals surface area contributed by atoms with E-state index in [1.165, 1.54) is 6.20 Å². The molecule has 1 saturated heterocycles. The maximum absolute atomic E-state index is 12.1. The van der Waals surface area contributed by atoms with Crippen LogP contribution in [0.15, 0.2) is 30.6 Å². The minimum Gasteiger partial charge on any atom is -0.350 e. The quantitative estimate of drug-likeness (QED) is 0.863. The molecule has 1 amide bonds. The molecule has 5 nitrogen and oxygen atoms in total. The van der Waals surface area contributed by atoms with Crippen LogP contribution in [0.1, 0.15) is 23.2 Å². The average molecular weight is 376 g/mol. The van der Waals surface area contributed by atoms with Crippen LogP contribution >= 0.6 is 35.6 Å². The molecular weight excluding hydrogens is 359 g/mol. The second-order valence-electron chi connectivity index (χ2n) is 5.27. The smallest absolute Gasteiger partial charge is 0.254 e. The minimum atomic E-state index is -0.134. The highest BCUT2D eigenvalue weighted by atomic mass is 35.5. The van der Waals surface area contributed by atoms with Gasteiger partial charge in [-0.15, -0.1) is 12.4 Å². The zero-order chi connectivity index (χ0) is 15.5. The molecule has 3 rings (SSSR count). The summed E-state index contributed by atoms with van der Waals surface area (Å²) >= 11 is 12.0. The Kier molecular flexibility index (Phi) is 6.30. The number of amides is 1. The summed E-state index contributed by atoms with van der Waals surface area (Å²) in [5.74, 6) is -0.134. The summed E-state index contributed by atoms with van der Waals surface area (Å²) in [6, 6.07) is 5.51. The highest BCUT2D eigenvalue weighted by Gasteiger charge is 2.16. The first-order valence-electron chi connectivity index (χ1n) is 7.15. The van der Waals surface area contributed by atoms with Crippen molar-refractivity contribution in [2.45, 2.75) is 18.9 Å². The van der Waals surface area contributed by atoms with Gasteiger partial charge in [0.1, 0.15) is 0 Å². The van der Waals surface area contributed by atoms with Crippen LogP contribution < -0.4 is 10.6 Å². The molecule has 124 valence electrons. The van der Waals surface area contributed by atoms with Gasteiger partial charge in [-0.05, 0) is 37.6 Å². The van der Waals surface area contributed by atoms with Gasteiger partial charge in [0.2, 0.25) is 0 Å². The molecule has 2 heterocycles. The summed E-state index contributed by atoms with van der Waals surface area (Å²) in [6.45, 7) is 1.65. The fourth-order valence-corrected chi connectivity index (χ4v) is 2.98. The molecular formula is C15H17Cl3N4O. The van der Waals surface area contributed by atoms with Gasteiger partial charge in [0.05, 0.1) is 22.5 Å². The standard InChI is InChI=1S/C15H16Cl2N4O.ClH/c16-11-3-4-14(13(17)6-11)21-9-10(7-20-21)15(22)19-8-12-2-1-5-18-12;/h3-4,6-7,9,12,18H,1-2,5,8H2,(H,19,22);1H. The van der Waals surface area contributed by atoms with Gasteiger partial charge in [0.25, 0.3) is 5.91 Å². The third kappa shape index (κ3) is 4.38. The summed E-state index contributed by atoms with van der Waals surface area (Å²) in [7, 11) is 0. The SMILES string of the molecule is Cl.O=C(NCC1CCCN1)c1cnn(-c2ccc(Cl)cc2Cl)c1. The highest BCUT2D eigenvalue weighted by molar-refractivity contribution is 6.35. The van der Waals surface area contributed by atoms with E-state index in [1.54, 1.807) is 29.1 Å². The topological polar surface area (TPSA) is 59.0 Å². The third-order valence-electron chi connectivity index (χ3n) is 3.67. The van der Waals surface area contributed by atoms with Crippen LogP contribution in [-0.4, -0.2) is 34.8 Å². The number of carbonyl (C=O) groups excluding carboxylic acids is 1. The first-order valence-corrected chi connectivity index (χ1v) is 7.91. The van der Waals surface area contributed by atoms with Crippen molar-refractivity contribution >= 4 is 41.5 Å². The van der Waals surface area contributed by atoms with Crippen LogP contribution in [0.25, 0.3) is 5.69 Å². The summed E-state index contributed by atoms with van der Waals surface area (Å²) < 4.78 is 1.57. The minimum absolute atomic E-state index is 0. The van der Waals surface area contributed by atoms with Crippen LogP contribution in [0.2, 0.25) is 10.0 Å². The Morgan fingerprint density at radius 1 is 1.43 bits per heavy atom. The Morgan fingerprint density at radius 3 is 2.96 bits per heavy atom. The van der Waals surface area contributed by atoms with Crippen molar-refractivity contribution in [2.24, 2.45) is 0 Å². The Hall–Kier alpha value is -1.27. The molecule has 0 radical (unpaired) electrons. The van der Waals surface area contributed by atoms with E-state index in [1.807, 2.05) is 0 Å². The fourth-order valence-electron chi connectivity index (χ4n) is 2.49. The van der Waals surface area contributed by atoms with E-state index in [2.05, 4.69) is 15.7 Å². The molecule has 1 atom stereocenters. The number of hydrogen-bond donors (Lipinski definition) is 2. The number of aromatic nitrogens is 2. The lowest BCUT2D eigenvalue weighted by molar-refractivity contribution is 0.0950. The second kappa shape index (κ2) is 8.02. The lowest BCUT2D eigenvalue weighted by Crippen LogP contribution is -2.37. The molecule has 1 aromatic heterocycles. The number of hydrogen-bond acceptors (Lipinski definition) is 3. The number of carbonyl (C=O) groups is 1. The first kappa shape index (κ1) is 18.1. The summed E-state index contributed by atoms with van der Waals surface area (Å²) in [5.41, 5.74) is 1.19. The van der Waals surface area contributed by atoms with Gasteiger partial charge in [0.15, 0.2) is 0 Å². The number of halogens is 3. The maximum atomic E-state index is 12.1. The molecule has 1 aromatic carbocycles. The van der Waals surface area contributed by atoms with E-state index in [-0.39, 0.29) is 18.3 Å². The van der Waals surface area contributed by atoms with Gasteiger partial charge in [-0.3, -0.25) is 4.79 Å². The van der Waals surface area contributed by atoms with Crippen LogP contribution in [0.3, 0.4) is 0 Å². The van der Waals surface area contributed by atoms with Gasteiger partial charge < -0.3 is 10.6 Å². The molecule has 0 saturated carbocycles. The van der Waals surface area contributed by atoms with Gasteiger partial charge >= 0.3 is 0 Å². The molecule has 8 heteroatoms. The van der Waals surface area contributed by atoms with E-state index < -0.39 is 0 Å². The second-order valence-corrected chi connectivity index (χ2v) is 6.12. The van der Waals surface area contributed by atoms with Crippen LogP contribution in [-0.2, 0) is 0 Å². The van der Waals surface area contributed by atoms with Gasteiger partial charge in [0, 0.05) is 23.8 Å². The first-order chi connectivity index (χ1) is 10.6. The lowest BCUT2D eigenvalue weighted by atomic mass is 10.2. The monoisotopic (exact) mass is 374 g/mol. The summed E-state index contributed by atoms with van der Waals surface area (Å²) in [5, 5.41) is 11.5. The van der Waals surface area contributed by atoms with Gasteiger partial charge in [-0.2, -0.15) is 5.10 Å². The van der Waals surface area contributed by atoms with E-state index in [0.717, 1.165) is 19.4 Å². The molecule has 2 N–H and O–H groups in total. The van der Waals surface area contributed by atoms with E-state index >= 15 is 0 Å². The zero-order valence-electron chi connectivity index (χ0n) is 12.3. The number of nitrogens with one attached hydrogen (secondary N) is 2. The molecule has 2 aromatic rings. The Labute approximate surface area is 150 Å². The van der Waals surface area contributed by atoms with E-state index in [9.17, 15) is 4.79 Å². The third-order valence-corrected chi connectivity index (χ3v) is 4.21. The van der Waals surface area contributed by atoms with Crippen LogP contribution in [0.5, 0.6) is 0 Å². The highest BCUT2D eigenvalue weighted by Crippen LogP contribution is 2.24. The normalized spacial score (nSPS) is 16.9. The molecule has 0 bridgehead atoms. The predicted octanol–water partition coefficient (Wildman–Crippen LogP) is 3.08. The summed E-state index contributed by atoms with van der Waals surface area (Å²) in [4.78, 5) is 12.1. The van der Waals surface area contributed by atoms with Crippen LogP contribution in [0.4, 0.5) is 0 Å². The largest absolute Gasteiger partial charge is 0.350 e. The van der Waals surface area contributed by atoms with Crippen molar-refractivity contribution in [3.63, 3.8) is 0 Å². The number of rotatable bonds is 4. The van der Waals surface area contributed by atoms with Gasteiger partial charge in [-0.1, -0.05) is 23.2 Å². The molecule has 0 spiro atoms. The maximum Gasteiger partial charge on any atom is 0.254 e. The van der Waals surface area contributed by atoms with Gasteiger partial charge in [-0.25, -0.2) is 4.68 Å². The summed E-state index contributed by atoms with van der Waals surface area (Å²) in [6.07, 6.45) is 5.45. The number of nitrogens with zero attached hydrogens (tertiary/aromatic N) is 2. The zero-order valence-corrected chi connectivity index (χ0v) is 14.6. The Balaban J connectivity index is 0.00000192. The van der Waals surface area contributed by atoms with Crippen molar-refractivity contribution in [1.29, 1.82) is 0 Å². The molecule has 1 aliphatic heterocycles. The molecule has 0 aliphatic carbocycles. The fraction of sp³-hybridized carbons (Fsp3) is 0.333. The van der Waals surface area contributed by atoms with Crippen molar-refractivity contribution in [3.8, 4) is 5.69 Å². The molecule has 23 heavy (non-hydrogen) atoms. The lowest BCUT2D eigenvalue weighted by Gasteiger charge is -2.10. The molecule has 1 fully saturated rings. The van der Waals surface area contributed by atoms with Crippen molar-refractivity contribution in [2.75, 3.05) is 13.1 Å². The van der Waals surface area contributed by atoms with Crippen molar-refractivity contribution in [3.05, 3.63) is 46.2 Å². The molecule has 1 unspecified atom stereocenters.